The first-order valence-corrected chi connectivity index (χ1v) is 8.57. The number of hydrogen-bond acceptors (Lipinski definition) is 4. The fourth-order valence-electron chi connectivity index (χ4n) is 2.21. The number of benzene rings is 1. The number of nitrogens with one attached hydrogen (secondary N) is 2. The Morgan fingerprint density at radius 1 is 1.12 bits per heavy atom. The van der Waals surface area contributed by atoms with Gasteiger partial charge in [-0.3, -0.25) is 9.78 Å². The second-order valence-electron chi connectivity index (χ2n) is 5.57. The van der Waals surface area contributed by atoms with Gasteiger partial charge in [0.15, 0.2) is 0 Å². The minimum Gasteiger partial charge on any atom is -0.354 e. The Labute approximate surface area is 154 Å². The molecule has 0 radical (unpaired) electrons. The van der Waals surface area contributed by atoms with Crippen LogP contribution in [0.2, 0.25) is 0 Å². The number of aromatic nitrogens is 2. The van der Waals surface area contributed by atoms with Crippen LogP contribution in [0.4, 0.5) is 11.4 Å². The van der Waals surface area contributed by atoms with E-state index in [0.29, 0.717) is 12.2 Å². The van der Waals surface area contributed by atoms with Gasteiger partial charge in [-0.05, 0) is 48.4 Å². The van der Waals surface area contributed by atoms with Gasteiger partial charge in [-0.25, -0.2) is 4.98 Å². The molecule has 0 unspecified atom stereocenters. The molecular formula is C19H17BrN4O. The number of halogens is 1. The van der Waals surface area contributed by atoms with Crippen LogP contribution in [0.3, 0.4) is 0 Å². The maximum absolute atomic E-state index is 12.1. The predicted molar refractivity (Wildman–Crippen MR) is 102 cm³/mol. The van der Waals surface area contributed by atoms with Crippen molar-refractivity contribution in [3.8, 4) is 0 Å². The average Bonchev–Trinajstić information content (AvgIpc) is 2.64. The molecule has 0 fully saturated rings. The molecule has 2 N–H and O–H groups in total. The summed E-state index contributed by atoms with van der Waals surface area (Å²) in [5, 5.41) is 6.09. The van der Waals surface area contributed by atoms with E-state index in [1.807, 2.05) is 43.3 Å². The topological polar surface area (TPSA) is 66.9 Å². The number of carbonyl (C=O) groups is 1. The third kappa shape index (κ3) is 4.64. The summed E-state index contributed by atoms with van der Waals surface area (Å²) in [7, 11) is 0. The molecule has 0 aliphatic rings. The number of carbonyl (C=O) groups excluding carboxylic acids is 1. The Morgan fingerprint density at radius 2 is 1.96 bits per heavy atom. The van der Waals surface area contributed by atoms with E-state index in [9.17, 15) is 4.79 Å². The summed E-state index contributed by atoms with van der Waals surface area (Å²) in [4.78, 5) is 20.4. The van der Waals surface area contributed by atoms with Crippen LogP contribution in [-0.4, -0.2) is 15.9 Å². The lowest BCUT2D eigenvalue weighted by Crippen LogP contribution is -2.23. The van der Waals surface area contributed by atoms with Gasteiger partial charge in [-0.1, -0.05) is 28.1 Å². The fraction of sp³-hybridized carbons (Fsp3) is 0.105. The maximum atomic E-state index is 12.1. The monoisotopic (exact) mass is 396 g/mol. The van der Waals surface area contributed by atoms with Crippen molar-refractivity contribution in [2.75, 3.05) is 5.32 Å². The van der Waals surface area contributed by atoms with E-state index in [2.05, 4.69) is 36.5 Å². The van der Waals surface area contributed by atoms with Gasteiger partial charge in [0.1, 0.15) is 5.69 Å². The van der Waals surface area contributed by atoms with Crippen molar-refractivity contribution in [3.63, 3.8) is 0 Å². The van der Waals surface area contributed by atoms with Crippen LogP contribution in [0, 0.1) is 6.92 Å². The van der Waals surface area contributed by atoms with Gasteiger partial charge in [0, 0.05) is 29.1 Å². The minimum atomic E-state index is -0.214. The van der Waals surface area contributed by atoms with Gasteiger partial charge < -0.3 is 10.6 Å². The predicted octanol–water partition coefficient (Wildman–Crippen LogP) is 4.22. The number of hydrogen-bond donors (Lipinski definition) is 2. The molecule has 2 heterocycles. The molecule has 0 bridgehead atoms. The molecule has 126 valence electrons. The number of pyridine rings is 2. The molecule has 1 amide bonds. The Morgan fingerprint density at radius 3 is 2.64 bits per heavy atom. The van der Waals surface area contributed by atoms with E-state index < -0.39 is 0 Å². The lowest BCUT2D eigenvalue weighted by atomic mass is 10.2. The zero-order valence-electron chi connectivity index (χ0n) is 13.7. The summed E-state index contributed by atoms with van der Waals surface area (Å²) in [6.07, 6.45) is 5.07. The second kappa shape index (κ2) is 7.90. The standard InChI is InChI=1S/C19H17BrN4O/c1-13-4-5-15(9-17(13)20)24-16-6-7-18(22-12-16)19(25)23-11-14-3-2-8-21-10-14/h2-10,12,24H,11H2,1H3,(H,23,25). The summed E-state index contributed by atoms with van der Waals surface area (Å²) >= 11 is 3.51. The van der Waals surface area contributed by atoms with Gasteiger partial charge in [0.05, 0.1) is 11.9 Å². The zero-order valence-corrected chi connectivity index (χ0v) is 15.2. The van der Waals surface area contributed by atoms with E-state index in [-0.39, 0.29) is 5.91 Å². The van der Waals surface area contributed by atoms with Crippen LogP contribution < -0.4 is 10.6 Å². The summed E-state index contributed by atoms with van der Waals surface area (Å²) in [6, 6.07) is 13.3. The molecule has 0 atom stereocenters. The molecule has 2 aromatic heterocycles. The number of aryl methyl sites for hydroxylation is 1. The highest BCUT2D eigenvalue weighted by atomic mass is 79.9. The molecule has 25 heavy (non-hydrogen) atoms. The Balaban J connectivity index is 1.61. The van der Waals surface area contributed by atoms with Crippen LogP contribution >= 0.6 is 15.9 Å². The largest absolute Gasteiger partial charge is 0.354 e. The third-order valence-electron chi connectivity index (χ3n) is 3.63. The van der Waals surface area contributed by atoms with Crippen molar-refractivity contribution in [1.82, 2.24) is 15.3 Å². The van der Waals surface area contributed by atoms with Crippen molar-refractivity contribution in [1.29, 1.82) is 0 Å². The van der Waals surface area contributed by atoms with Gasteiger partial charge in [-0.2, -0.15) is 0 Å². The van der Waals surface area contributed by atoms with Crippen molar-refractivity contribution in [2.45, 2.75) is 13.5 Å². The van der Waals surface area contributed by atoms with Crippen LogP contribution in [0.1, 0.15) is 21.6 Å². The normalized spacial score (nSPS) is 10.3. The lowest BCUT2D eigenvalue weighted by molar-refractivity contribution is 0.0946. The van der Waals surface area contributed by atoms with Gasteiger partial charge in [0.25, 0.3) is 5.91 Å². The van der Waals surface area contributed by atoms with E-state index in [1.54, 1.807) is 24.7 Å². The molecule has 0 aliphatic carbocycles. The smallest absolute Gasteiger partial charge is 0.270 e. The highest BCUT2D eigenvalue weighted by Gasteiger charge is 2.07. The van der Waals surface area contributed by atoms with E-state index >= 15 is 0 Å². The molecule has 5 nitrogen and oxygen atoms in total. The molecule has 0 spiro atoms. The highest BCUT2D eigenvalue weighted by Crippen LogP contribution is 2.23. The molecule has 0 saturated carbocycles. The fourth-order valence-corrected chi connectivity index (χ4v) is 2.59. The SMILES string of the molecule is Cc1ccc(Nc2ccc(C(=O)NCc3cccnc3)nc2)cc1Br. The van der Waals surface area contributed by atoms with Crippen LogP contribution in [0.25, 0.3) is 0 Å². The summed E-state index contributed by atoms with van der Waals surface area (Å²) in [5.41, 5.74) is 4.26. The quantitative estimate of drug-likeness (QED) is 0.677. The first-order valence-electron chi connectivity index (χ1n) is 7.78. The van der Waals surface area contributed by atoms with Crippen molar-refractivity contribution < 1.29 is 4.79 Å². The Hall–Kier alpha value is -2.73. The number of nitrogens with zero attached hydrogens (tertiary/aromatic N) is 2. The number of rotatable bonds is 5. The molecule has 0 saturated heterocycles. The van der Waals surface area contributed by atoms with Crippen LogP contribution in [0.5, 0.6) is 0 Å². The molecule has 3 aromatic rings. The molecule has 1 aromatic carbocycles. The Kier molecular flexibility index (Phi) is 5.40. The van der Waals surface area contributed by atoms with E-state index in [0.717, 1.165) is 21.4 Å². The molecule has 3 rings (SSSR count). The second-order valence-corrected chi connectivity index (χ2v) is 6.42. The maximum Gasteiger partial charge on any atom is 0.270 e. The van der Waals surface area contributed by atoms with Crippen molar-refractivity contribution in [2.24, 2.45) is 0 Å². The van der Waals surface area contributed by atoms with Crippen LogP contribution in [0.15, 0.2) is 65.5 Å². The number of amides is 1. The molecule has 6 heteroatoms. The molecular weight excluding hydrogens is 380 g/mol. The van der Waals surface area contributed by atoms with E-state index in [4.69, 9.17) is 0 Å². The van der Waals surface area contributed by atoms with E-state index in [1.165, 1.54) is 5.56 Å². The van der Waals surface area contributed by atoms with Gasteiger partial charge >= 0.3 is 0 Å². The van der Waals surface area contributed by atoms with Gasteiger partial charge in [0.2, 0.25) is 0 Å². The zero-order chi connectivity index (χ0) is 17.6. The third-order valence-corrected chi connectivity index (χ3v) is 4.49. The summed E-state index contributed by atoms with van der Waals surface area (Å²) in [6.45, 7) is 2.46. The Bertz CT molecular complexity index is 866. The van der Waals surface area contributed by atoms with Gasteiger partial charge in [-0.15, -0.1) is 0 Å². The van der Waals surface area contributed by atoms with Crippen LogP contribution in [-0.2, 0) is 6.54 Å². The molecule has 0 aliphatic heterocycles. The summed E-state index contributed by atoms with van der Waals surface area (Å²) in [5.74, 6) is -0.214. The minimum absolute atomic E-state index is 0.214. The first kappa shape index (κ1) is 17.1. The first-order chi connectivity index (χ1) is 12.1. The lowest BCUT2D eigenvalue weighted by Gasteiger charge is -2.09. The highest BCUT2D eigenvalue weighted by molar-refractivity contribution is 9.10. The average molecular weight is 397 g/mol. The number of anilines is 2. The van der Waals surface area contributed by atoms with Crippen molar-refractivity contribution in [3.05, 3.63) is 82.3 Å². The summed E-state index contributed by atoms with van der Waals surface area (Å²) < 4.78 is 1.04. The van der Waals surface area contributed by atoms with Crippen molar-refractivity contribution >= 4 is 33.2 Å².